The lowest BCUT2D eigenvalue weighted by Crippen LogP contribution is -2.36. The van der Waals surface area contributed by atoms with Crippen molar-refractivity contribution < 1.29 is 14.3 Å². The predicted molar refractivity (Wildman–Crippen MR) is 50.4 cm³/mol. The molecule has 0 bridgehead atoms. The van der Waals surface area contributed by atoms with Crippen LogP contribution < -0.4 is 5.73 Å². The van der Waals surface area contributed by atoms with Gasteiger partial charge in [-0.1, -0.05) is 6.92 Å². The van der Waals surface area contributed by atoms with Gasteiger partial charge in [0.15, 0.2) is 0 Å². The van der Waals surface area contributed by atoms with E-state index in [0.717, 1.165) is 0 Å². The maximum atomic E-state index is 11.3. The minimum Gasteiger partial charge on any atom is -0.464 e. The Bertz CT molecular complexity index is 230. The van der Waals surface area contributed by atoms with Crippen LogP contribution in [0.1, 0.15) is 19.8 Å². The normalized spacial score (nSPS) is 21.4. The highest BCUT2D eigenvalue weighted by atomic mass is 16.5. The molecule has 0 radical (unpaired) electrons. The van der Waals surface area contributed by atoms with Gasteiger partial charge in [-0.15, -0.1) is 0 Å². The van der Waals surface area contributed by atoms with Crippen molar-refractivity contribution in [2.24, 2.45) is 5.73 Å². The molecule has 0 aliphatic carbocycles. The fourth-order valence-corrected chi connectivity index (χ4v) is 1.36. The number of nitrogens with zero attached hydrogens (tertiary/aromatic N) is 1. The summed E-state index contributed by atoms with van der Waals surface area (Å²) in [6, 6.07) is -0.364. The van der Waals surface area contributed by atoms with Crippen LogP contribution in [-0.2, 0) is 14.3 Å². The number of carbonyl (C=O) groups is 2. The summed E-state index contributed by atoms with van der Waals surface area (Å²) in [5.41, 5.74) is 5.53. The fraction of sp³-hybridized carbons (Fsp3) is 0.778. The lowest BCUT2D eigenvalue weighted by Gasteiger charge is -2.15. The molecule has 5 heteroatoms. The summed E-state index contributed by atoms with van der Waals surface area (Å²) < 4.78 is 4.86. The number of hydrogen-bond acceptors (Lipinski definition) is 4. The van der Waals surface area contributed by atoms with Crippen molar-refractivity contribution in [3.05, 3.63) is 0 Å². The molecule has 1 saturated heterocycles. The molecular weight excluding hydrogens is 184 g/mol. The lowest BCUT2D eigenvalue weighted by molar-refractivity contribution is -0.145. The van der Waals surface area contributed by atoms with E-state index in [-0.39, 0.29) is 24.5 Å². The van der Waals surface area contributed by atoms with Gasteiger partial charge in [0, 0.05) is 13.0 Å². The van der Waals surface area contributed by atoms with E-state index in [4.69, 9.17) is 10.5 Å². The highest BCUT2D eigenvalue weighted by molar-refractivity contribution is 5.83. The van der Waals surface area contributed by atoms with Gasteiger partial charge in [-0.3, -0.25) is 9.59 Å². The molecule has 0 spiro atoms. The SMILES string of the molecule is CCC(=O)OCCN1CCC(N)C1=O. The Balaban J connectivity index is 2.19. The molecule has 1 fully saturated rings. The molecule has 14 heavy (non-hydrogen) atoms. The number of ether oxygens (including phenoxy) is 1. The number of amides is 1. The molecule has 80 valence electrons. The number of hydrogen-bond donors (Lipinski definition) is 1. The van der Waals surface area contributed by atoms with Gasteiger partial charge in [0.1, 0.15) is 6.61 Å². The Hall–Kier alpha value is -1.10. The molecule has 1 heterocycles. The van der Waals surface area contributed by atoms with E-state index >= 15 is 0 Å². The predicted octanol–water partition coefficient (Wildman–Crippen LogP) is -0.501. The van der Waals surface area contributed by atoms with E-state index in [1.165, 1.54) is 0 Å². The second-order valence-electron chi connectivity index (χ2n) is 3.29. The second-order valence-corrected chi connectivity index (χ2v) is 3.29. The van der Waals surface area contributed by atoms with Gasteiger partial charge < -0.3 is 15.4 Å². The summed E-state index contributed by atoms with van der Waals surface area (Å²) in [5, 5.41) is 0. The standard InChI is InChI=1S/C9H16N2O3/c1-2-8(12)14-6-5-11-4-3-7(10)9(11)13/h7H,2-6,10H2,1H3. The molecule has 1 rings (SSSR count). The topological polar surface area (TPSA) is 72.6 Å². The first-order valence-electron chi connectivity index (χ1n) is 4.85. The van der Waals surface area contributed by atoms with Crippen molar-refractivity contribution >= 4 is 11.9 Å². The Morgan fingerprint density at radius 1 is 1.71 bits per heavy atom. The summed E-state index contributed by atoms with van der Waals surface area (Å²) in [4.78, 5) is 23.7. The van der Waals surface area contributed by atoms with E-state index in [9.17, 15) is 9.59 Å². The molecule has 0 aromatic rings. The zero-order valence-corrected chi connectivity index (χ0v) is 8.36. The summed E-state index contributed by atoms with van der Waals surface area (Å²) in [5.74, 6) is -0.279. The van der Waals surface area contributed by atoms with Crippen molar-refractivity contribution in [2.45, 2.75) is 25.8 Å². The highest BCUT2D eigenvalue weighted by Gasteiger charge is 2.27. The van der Waals surface area contributed by atoms with Gasteiger partial charge in [-0.2, -0.15) is 0 Å². The summed E-state index contributed by atoms with van der Waals surface area (Å²) in [6.07, 6.45) is 1.06. The molecule has 0 saturated carbocycles. The average Bonchev–Trinajstić information content (AvgIpc) is 2.49. The van der Waals surface area contributed by atoms with Gasteiger partial charge >= 0.3 is 5.97 Å². The van der Waals surface area contributed by atoms with Crippen LogP contribution in [0.5, 0.6) is 0 Å². The van der Waals surface area contributed by atoms with Crippen LogP contribution in [0.4, 0.5) is 0 Å². The van der Waals surface area contributed by atoms with Crippen LogP contribution in [-0.4, -0.2) is 42.5 Å². The first-order valence-corrected chi connectivity index (χ1v) is 4.85. The molecule has 1 amide bonds. The molecule has 2 N–H and O–H groups in total. The van der Waals surface area contributed by atoms with Crippen LogP contribution in [0.15, 0.2) is 0 Å². The highest BCUT2D eigenvalue weighted by Crippen LogP contribution is 2.07. The van der Waals surface area contributed by atoms with E-state index in [1.54, 1.807) is 11.8 Å². The molecule has 1 aliphatic heterocycles. The first-order chi connectivity index (χ1) is 6.65. The van der Waals surface area contributed by atoms with Crippen LogP contribution in [0, 0.1) is 0 Å². The zero-order valence-electron chi connectivity index (χ0n) is 8.36. The Morgan fingerprint density at radius 2 is 2.43 bits per heavy atom. The van der Waals surface area contributed by atoms with Crippen molar-refractivity contribution in [3.63, 3.8) is 0 Å². The number of nitrogens with two attached hydrogens (primary N) is 1. The van der Waals surface area contributed by atoms with Gasteiger partial charge in [0.05, 0.1) is 12.6 Å². The maximum Gasteiger partial charge on any atom is 0.305 e. The van der Waals surface area contributed by atoms with Crippen LogP contribution in [0.25, 0.3) is 0 Å². The lowest BCUT2D eigenvalue weighted by atomic mass is 10.3. The van der Waals surface area contributed by atoms with E-state index in [1.807, 2.05) is 0 Å². The molecule has 0 aromatic heterocycles. The molecule has 1 atom stereocenters. The van der Waals surface area contributed by atoms with E-state index < -0.39 is 0 Å². The Kier molecular flexibility index (Phi) is 3.88. The fourth-order valence-electron chi connectivity index (χ4n) is 1.36. The van der Waals surface area contributed by atoms with Crippen LogP contribution >= 0.6 is 0 Å². The van der Waals surface area contributed by atoms with Crippen molar-refractivity contribution in [1.29, 1.82) is 0 Å². The average molecular weight is 200 g/mol. The van der Waals surface area contributed by atoms with E-state index in [2.05, 4.69) is 0 Å². The van der Waals surface area contributed by atoms with Crippen molar-refractivity contribution in [1.82, 2.24) is 4.90 Å². The third kappa shape index (κ3) is 2.70. The number of esters is 1. The Morgan fingerprint density at radius 3 is 2.93 bits per heavy atom. The largest absolute Gasteiger partial charge is 0.464 e. The first kappa shape index (κ1) is 11.0. The van der Waals surface area contributed by atoms with Crippen molar-refractivity contribution in [2.75, 3.05) is 19.7 Å². The van der Waals surface area contributed by atoms with E-state index in [0.29, 0.717) is 25.9 Å². The zero-order chi connectivity index (χ0) is 10.6. The van der Waals surface area contributed by atoms with Gasteiger partial charge in [0.25, 0.3) is 0 Å². The summed E-state index contributed by atoms with van der Waals surface area (Å²) in [7, 11) is 0. The number of rotatable bonds is 4. The molecular formula is C9H16N2O3. The van der Waals surface area contributed by atoms with Gasteiger partial charge in [0.2, 0.25) is 5.91 Å². The molecule has 1 unspecified atom stereocenters. The molecule has 5 nitrogen and oxygen atoms in total. The quantitative estimate of drug-likeness (QED) is 0.621. The third-order valence-corrected chi connectivity index (χ3v) is 2.25. The number of carbonyl (C=O) groups excluding carboxylic acids is 2. The third-order valence-electron chi connectivity index (χ3n) is 2.25. The van der Waals surface area contributed by atoms with Crippen molar-refractivity contribution in [3.8, 4) is 0 Å². The number of likely N-dealkylation sites (tertiary alicyclic amines) is 1. The van der Waals surface area contributed by atoms with Gasteiger partial charge in [-0.25, -0.2) is 0 Å². The minimum atomic E-state index is -0.364. The van der Waals surface area contributed by atoms with Crippen LogP contribution in [0.2, 0.25) is 0 Å². The smallest absolute Gasteiger partial charge is 0.305 e. The molecule has 1 aliphatic rings. The summed E-state index contributed by atoms with van der Waals surface area (Å²) in [6.45, 7) is 3.13. The summed E-state index contributed by atoms with van der Waals surface area (Å²) >= 11 is 0. The Labute approximate surface area is 83.2 Å². The second kappa shape index (κ2) is 4.95. The molecule has 0 aromatic carbocycles. The van der Waals surface area contributed by atoms with Crippen LogP contribution in [0.3, 0.4) is 0 Å². The maximum absolute atomic E-state index is 11.3. The van der Waals surface area contributed by atoms with Gasteiger partial charge in [-0.05, 0) is 6.42 Å². The minimum absolute atomic E-state index is 0.0439. The monoisotopic (exact) mass is 200 g/mol.